The fourth-order valence-electron chi connectivity index (χ4n) is 3.91. The van der Waals surface area contributed by atoms with Crippen LogP contribution in [0.5, 0.6) is 0 Å². The number of carbonyl (C=O) groups excluding carboxylic acids is 1. The van der Waals surface area contributed by atoms with Crippen molar-refractivity contribution < 1.29 is 4.79 Å². The van der Waals surface area contributed by atoms with Crippen molar-refractivity contribution in [1.82, 2.24) is 19.8 Å². The van der Waals surface area contributed by atoms with Gasteiger partial charge in [-0.2, -0.15) is 5.26 Å². The molecule has 0 spiro atoms. The average molecular weight is 448 g/mol. The van der Waals surface area contributed by atoms with E-state index < -0.39 is 0 Å². The van der Waals surface area contributed by atoms with E-state index in [1.54, 1.807) is 42.5 Å². The number of amides is 1. The highest BCUT2D eigenvalue weighted by molar-refractivity contribution is 7.99. The minimum absolute atomic E-state index is 0.0567. The maximum Gasteiger partial charge on any atom is 0.266 e. The largest absolute Gasteiger partial charge is 0.353 e. The van der Waals surface area contributed by atoms with Gasteiger partial charge in [-0.3, -0.25) is 14.2 Å². The van der Waals surface area contributed by atoms with Crippen LogP contribution < -0.4 is 10.9 Å². The van der Waals surface area contributed by atoms with Crippen molar-refractivity contribution in [2.45, 2.75) is 31.0 Å². The molecule has 1 fully saturated rings. The number of hydrogen-bond donors (Lipinski definition) is 1. The van der Waals surface area contributed by atoms with Crippen molar-refractivity contribution in [2.24, 2.45) is 0 Å². The third-order valence-electron chi connectivity index (χ3n) is 5.73. The predicted molar refractivity (Wildman–Crippen MR) is 126 cm³/mol. The molecule has 1 aliphatic heterocycles. The number of aromatic nitrogens is 2. The van der Waals surface area contributed by atoms with Gasteiger partial charge in [0.2, 0.25) is 5.91 Å². The summed E-state index contributed by atoms with van der Waals surface area (Å²) in [6.07, 6.45) is 1.91. The standard InChI is InChI=1S/C24H25N5O2S/c1-2-28-13-11-18(12-14-28)26-22(30)16-32-24-27-21-6-4-3-5-20(21)23(31)29(24)19-9-7-17(15-25)8-10-19/h3-10,18H,2,11-14,16H2,1H3,(H,26,30). The molecular formula is C24H25N5O2S. The molecule has 0 aliphatic carbocycles. The zero-order valence-corrected chi connectivity index (χ0v) is 18.8. The van der Waals surface area contributed by atoms with E-state index >= 15 is 0 Å². The Bertz CT molecular complexity index is 1210. The Morgan fingerprint density at radius 2 is 1.91 bits per heavy atom. The van der Waals surface area contributed by atoms with Gasteiger partial charge in [0.25, 0.3) is 5.56 Å². The first-order valence-corrected chi connectivity index (χ1v) is 11.7. The average Bonchev–Trinajstić information content (AvgIpc) is 2.83. The van der Waals surface area contributed by atoms with Crippen LogP contribution in [0.1, 0.15) is 25.3 Å². The summed E-state index contributed by atoms with van der Waals surface area (Å²) in [6.45, 7) is 5.19. The van der Waals surface area contributed by atoms with E-state index in [0.717, 1.165) is 32.5 Å². The van der Waals surface area contributed by atoms with Crippen LogP contribution in [0.4, 0.5) is 0 Å². The number of hydrogen-bond acceptors (Lipinski definition) is 6. The minimum atomic E-state index is -0.199. The highest BCUT2D eigenvalue weighted by Gasteiger charge is 2.20. The lowest BCUT2D eigenvalue weighted by molar-refractivity contribution is -0.119. The number of nitrogens with one attached hydrogen (secondary N) is 1. The first-order chi connectivity index (χ1) is 15.6. The normalized spacial score (nSPS) is 14.9. The van der Waals surface area contributed by atoms with E-state index in [1.807, 2.05) is 6.07 Å². The Hall–Kier alpha value is -3.15. The molecule has 7 nitrogen and oxygen atoms in total. The number of para-hydroxylation sites is 1. The number of carbonyl (C=O) groups is 1. The third kappa shape index (κ3) is 4.85. The van der Waals surface area contributed by atoms with Crippen LogP contribution in [0.15, 0.2) is 58.5 Å². The van der Waals surface area contributed by atoms with Gasteiger partial charge in [-0.05, 0) is 55.8 Å². The summed E-state index contributed by atoms with van der Waals surface area (Å²) in [5.74, 6) is 0.119. The molecule has 1 amide bonds. The minimum Gasteiger partial charge on any atom is -0.353 e. The van der Waals surface area contributed by atoms with E-state index in [-0.39, 0.29) is 23.3 Å². The molecule has 164 valence electrons. The van der Waals surface area contributed by atoms with Crippen LogP contribution in [-0.2, 0) is 4.79 Å². The lowest BCUT2D eigenvalue weighted by Gasteiger charge is -2.31. The van der Waals surface area contributed by atoms with Gasteiger partial charge in [0.1, 0.15) is 0 Å². The molecule has 0 radical (unpaired) electrons. The van der Waals surface area contributed by atoms with Crippen molar-refractivity contribution in [3.63, 3.8) is 0 Å². The van der Waals surface area contributed by atoms with Gasteiger partial charge in [0, 0.05) is 19.1 Å². The summed E-state index contributed by atoms with van der Waals surface area (Å²) in [5, 5.41) is 13.2. The molecule has 1 aromatic heterocycles. The van der Waals surface area contributed by atoms with Crippen LogP contribution in [-0.4, -0.2) is 51.8 Å². The highest BCUT2D eigenvalue weighted by atomic mass is 32.2. The molecule has 2 aromatic carbocycles. The van der Waals surface area contributed by atoms with Crippen molar-refractivity contribution in [3.05, 3.63) is 64.4 Å². The highest BCUT2D eigenvalue weighted by Crippen LogP contribution is 2.22. The first-order valence-electron chi connectivity index (χ1n) is 10.8. The molecule has 32 heavy (non-hydrogen) atoms. The van der Waals surface area contributed by atoms with E-state index in [1.165, 1.54) is 16.3 Å². The predicted octanol–water partition coefficient (Wildman–Crippen LogP) is 2.95. The van der Waals surface area contributed by atoms with Crippen molar-refractivity contribution in [3.8, 4) is 11.8 Å². The van der Waals surface area contributed by atoms with Crippen LogP contribution in [0.2, 0.25) is 0 Å². The first kappa shape index (κ1) is 22.1. The number of nitriles is 1. The van der Waals surface area contributed by atoms with Gasteiger partial charge in [-0.25, -0.2) is 4.98 Å². The summed E-state index contributed by atoms with van der Waals surface area (Å²) in [6, 6.07) is 16.2. The Kier molecular flexibility index (Phi) is 6.88. The molecule has 0 saturated carbocycles. The lowest BCUT2D eigenvalue weighted by atomic mass is 10.1. The van der Waals surface area contributed by atoms with Gasteiger partial charge in [0.05, 0.1) is 34.0 Å². The molecule has 0 atom stereocenters. The maximum atomic E-state index is 13.3. The lowest BCUT2D eigenvalue weighted by Crippen LogP contribution is -2.45. The van der Waals surface area contributed by atoms with E-state index in [2.05, 4.69) is 28.2 Å². The van der Waals surface area contributed by atoms with E-state index in [9.17, 15) is 9.59 Å². The number of rotatable bonds is 6. The molecule has 8 heteroatoms. The van der Waals surface area contributed by atoms with Crippen LogP contribution >= 0.6 is 11.8 Å². The zero-order valence-electron chi connectivity index (χ0n) is 18.0. The Balaban J connectivity index is 1.56. The second-order valence-electron chi connectivity index (χ2n) is 7.78. The summed E-state index contributed by atoms with van der Waals surface area (Å²) in [4.78, 5) is 32.9. The number of likely N-dealkylation sites (tertiary alicyclic amines) is 1. The van der Waals surface area contributed by atoms with Crippen molar-refractivity contribution in [1.29, 1.82) is 5.26 Å². The number of piperidine rings is 1. The van der Waals surface area contributed by atoms with Crippen LogP contribution in [0.25, 0.3) is 16.6 Å². The number of benzene rings is 2. The summed E-state index contributed by atoms with van der Waals surface area (Å²) < 4.78 is 1.52. The maximum absolute atomic E-state index is 13.3. The SMILES string of the molecule is CCN1CCC(NC(=O)CSc2nc3ccccc3c(=O)n2-c2ccc(C#N)cc2)CC1. The van der Waals surface area contributed by atoms with Gasteiger partial charge in [0.15, 0.2) is 5.16 Å². The van der Waals surface area contributed by atoms with Gasteiger partial charge in [-0.15, -0.1) is 0 Å². The second-order valence-corrected chi connectivity index (χ2v) is 8.72. The van der Waals surface area contributed by atoms with Gasteiger partial charge in [-0.1, -0.05) is 30.8 Å². The number of thioether (sulfide) groups is 1. The van der Waals surface area contributed by atoms with Gasteiger partial charge >= 0.3 is 0 Å². The Labute approximate surface area is 191 Å². The van der Waals surface area contributed by atoms with Crippen molar-refractivity contribution >= 4 is 28.6 Å². The molecule has 3 aromatic rings. The number of fused-ring (bicyclic) bond motifs is 1. The Morgan fingerprint density at radius 3 is 2.59 bits per heavy atom. The third-order valence-corrected chi connectivity index (χ3v) is 6.67. The Morgan fingerprint density at radius 1 is 1.19 bits per heavy atom. The molecule has 1 saturated heterocycles. The summed E-state index contributed by atoms with van der Waals surface area (Å²) >= 11 is 1.25. The smallest absolute Gasteiger partial charge is 0.266 e. The molecular weight excluding hydrogens is 422 g/mol. The summed E-state index contributed by atoms with van der Waals surface area (Å²) in [7, 11) is 0. The molecule has 1 N–H and O–H groups in total. The molecule has 0 unspecified atom stereocenters. The van der Waals surface area contributed by atoms with E-state index in [0.29, 0.717) is 27.3 Å². The molecule has 1 aliphatic rings. The zero-order chi connectivity index (χ0) is 22.5. The summed E-state index contributed by atoms with van der Waals surface area (Å²) in [5.41, 5.74) is 1.52. The van der Waals surface area contributed by atoms with Gasteiger partial charge < -0.3 is 10.2 Å². The fourth-order valence-corrected chi connectivity index (χ4v) is 4.74. The molecule has 2 heterocycles. The van der Waals surface area contributed by atoms with Crippen molar-refractivity contribution in [2.75, 3.05) is 25.4 Å². The molecule has 0 bridgehead atoms. The van der Waals surface area contributed by atoms with Crippen LogP contribution in [0, 0.1) is 11.3 Å². The topological polar surface area (TPSA) is 91.0 Å². The van der Waals surface area contributed by atoms with E-state index in [4.69, 9.17) is 5.26 Å². The molecule has 4 rings (SSSR count). The quantitative estimate of drug-likeness (QED) is 0.462. The number of nitrogens with zero attached hydrogens (tertiary/aromatic N) is 4. The van der Waals surface area contributed by atoms with Crippen LogP contribution in [0.3, 0.4) is 0 Å². The monoisotopic (exact) mass is 447 g/mol. The second kappa shape index (κ2) is 9.98. The fraction of sp³-hybridized carbons (Fsp3) is 0.333.